The molecule has 41 heavy (non-hydrogen) atoms. The first kappa shape index (κ1) is 28.7. The fourth-order valence-corrected chi connectivity index (χ4v) is 3.64. The van der Waals surface area contributed by atoms with E-state index < -0.39 is 31.4 Å². The summed E-state index contributed by atoms with van der Waals surface area (Å²) in [5.41, 5.74) is 8.09. The van der Waals surface area contributed by atoms with Crippen molar-refractivity contribution in [3.05, 3.63) is 64.7 Å². The highest BCUT2D eigenvalue weighted by Crippen LogP contribution is 2.26. The summed E-state index contributed by atoms with van der Waals surface area (Å²) < 4.78 is 14.1. The van der Waals surface area contributed by atoms with Crippen LogP contribution in [0.5, 0.6) is 0 Å². The molecule has 2 heterocycles. The lowest BCUT2D eigenvalue weighted by Gasteiger charge is -2.18. The van der Waals surface area contributed by atoms with E-state index in [4.69, 9.17) is 20.1 Å². The van der Waals surface area contributed by atoms with Crippen molar-refractivity contribution >= 4 is 47.6 Å². The quantitative estimate of drug-likeness (QED) is 0.128. The van der Waals surface area contributed by atoms with Crippen LogP contribution >= 0.6 is 0 Å². The molecular formula is C26H27N7O8. The standard InChI is InChI=1S/C26H27N7O8/c1-14-3-4-16(25(37)33(20-7-8-41-32-20)26(38)40-13-39-21(35)11-34)9-19(14)31-23(29-12-27)22-15(2)18(10-28-22)24(36)30-17-5-6-17/h3-4,7-10,12,17,28,34H,5-6,11,13H2,1-2H3,(H,30,36)(H2,27,29,31). The fourth-order valence-electron chi connectivity index (χ4n) is 3.64. The van der Waals surface area contributed by atoms with Crippen LogP contribution < -0.4 is 16.0 Å². The summed E-state index contributed by atoms with van der Waals surface area (Å²) in [5, 5.41) is 15.3. The van der Waals surface area contributed by atoms with Crippen molar-refractivity contribution < 1.29 is 38.3 Å². The van der Waals surface area contributed by atoms with E-state index in [2.05, 4.69) is 30.2 Å². The normalized spacial score (nSPS) is 13.2. The molecule has 4 rings (SSSR count). The van der Waals surface area contributed by atoms with E-state index in [0.717, 1.165) is 25.4 Å². The summed E-state index contributed by atoms with van der Waals surface area (Å²) in [6, 6.07) is 5.94. The zero-order valence-electron chi connectivity index (χ0n) is 22.1. The van der Waals surface area contributed by atoms with Gasteiger partial charge in [-0.05, 0) is 49.9 Å². The number of aromatic nitrogens is 2. The molecule has 1 fully saturated rings. The Balaban J connectivity index is 1.64. The number of nitrogens with one attached hydrogen (secondary N) is 2. The number of aliphatic imine (C=N–C) groups is 2. The highest BCUT2D eigenvalue weighted by molar-refractivity contribution is 6.19. The monoisotopic (exact) mass is 565 g/mol. The number of imide groups is 1. The van der Waals surface area contributed by atoms with Crippen LogP contribution in [0, 0.1) is 13.8 Å². The van der Waals surface area contributed by atoms with Crippen LogP contribution in [0.4, 0.5) is 16.3 Å². The lowest BCUT2D eigenvalue weighted by atomic mass is 10.1. The van der Waals surface area contributed by atoms with Crippen LogP contribution in [0.2, 0.25) is 0 Å². The number of esters is 1. The number of aliphatic hydroxyl groups is 1. The average Bonchev–Trinajstić information content (AvgIpc) is 3.43. The third-order valence-electron chi connectivity index (χ3n) is 5.97. The molecule has 0 saturated heterocycles. The summed E-state index contributed by atoms with van der Waals surface area (Å²) in [6.07, 6.45) is 4.45. The van der Waals surface area contributed by atoms with Gasteiger partial charge in [-0.3, -0.25) is 9.59 Å². The number of rotatable bonds is 9. The van der Waals surface area contributed by atoms with Gasteiger partial charge < -0.3 is 35.1 Å². The molecule has 1 aliphatic carbocycles. The Morgan fingerprint density at radius 2 is 2.02 bits per heavy atom. The summed E-state index contributed by atoms with van der Waals surface area (Å²) in [7, 11) is 0. The molecule has 15 heteroatoms. The van der Waals surface area contributed by atoms with Gasteiger partial charge in [0.1, 0.15) is 12.9 Å². The summed E-state index contributed by atoms with van der Waals surface area (Å²) in [5.74, 6) is -2.12. The Kier molecular flexibility index (Phi) is 8.88. The van der Waals surface area contributed by atoms with Crippen molar-refractivity contribution in [3.8, 4) is 0 Å². The van der Waals surface area contributed by atoms with Crippen LogP contribution in [-0.2, 0) is 14.3 Å². The number of ether oxygens (including phenoxy) is 2. The predicted molar refractivity (Wildman–Crippen MR) is 144 cm³/mol. The van der Waals surface area contributed by atoms with Crippen molar-refractivity contribution in [1.29, 1.82) is 0 Å². The number of nitrogens with zero attached hydrogens (tertiary/aromatic N) is 4. The van der Waals surface area contributed by atoms with E-state index in [1.54, 1.807) is 26.1 Å². The van der Waals surface area contributed by atoms with Gasteiger partial charge in [-0.2, -0.15) is 4.90 Å². The van der Waals surface area contributed by atoms with Gasteiger partial charge in [0.2, 0.25) is 6.79 Å². The maximum absolute atomic E-state index is 13.5. The number of anilines is 1. The average molecular weight is 566 g/mol. The maximum atomic E-state index is 13.5. The van der Waals surface area contributed by atoms with Crippen LogP contribution in [0.15, 0.2) is 51.2 Å². The fraction of sp³-hybridized carbons (Fsp3) is 0.269. The number of carbonyl (C=O) groups excluding carboxylic acids is 4. The minimum absolute atomic E-state index is 0.0189. The number of nitrogens with two attached hydrogens (primary N) is 1. The zero-order chi connectivity index (χ0) is 29.5. The molecule has 0 bridgehead atoms. The molecule has 15 nitrogen and oxygen atoms in total. The van der Waals surface area contributed by atoms with Gasteiger partial charge in [-0.15, -0.1) is 0 Å². The number of amides is 3. The van der Waals surface area contributed by atoms with E-state index >= 15 is 0 Å². The van der Waals surface area contributed by atoms with Crippen LogP contribution in [-0.4, -0.2) is 70.7 Å². The van der Waals surface area contributed by atoms with Gasteiger partial charge in [0.15, 0.2) is 11.7 Å². The molecule has 1 aliphatic rings. The zero-order valence-corrected chi connectivity index (χ0v) is 22.1. The molecule has 2 aromatic heterocycles. The van der Waals surface area contributed by atoms with Gasteiger partial charge >= 0.3 is 12.1 Å². The molecule has 0 atom stereocenters. The second-order valence-electron chi connectivity index (χ2n) is 8.87. The maximum Gasteiger partial charge on any atom is 0.425 e. The Labute approximate surface area is 233 Å². The topological polar surface area (TPSA) is 215 Å². The van der Waals surface area contributed by atoms with E-state index in [1.807, 2.05) is 0 Å². The van der Waals surface area contributed by atoms with Gasteiger partial charge in [0.25, 0.3) is 11.8 Å². The van der Waals surface area contributed by atoms with Crippen molar-refractivity contribution in [2.45, 2.75) is 32.7 Å². The van der Waals surface area contributed by atoms with Gasteiger partial charge in [0.05, 0.1) is 23.3 Å². The number of aromatic amines is 1. The molecule has 1 aromatic carbocycles. The SMILES string of the molecule is Cc1ccc(C(=O)N(C(=O)OCOC(=O)CO)c2ccon2)cc1N=C(N=CN)c1[nH]cc(C(=O)NC2CC2)c1C. The first-order valence-electron chi connectivity index (χ1n) is 12.3. The number of H-pyrrole nitrogens is 1. The molecule has 0 radical (unpaired) electrons. The van der Waals surface area contributed by atoms with Gasteiger partial charge in [0, 0.05) is 23.9 Å². The Morgan fingerprint density at radius 1 is 1.24 bits per heavy atom. The molecule has 0 unspecified atom stereocenters. The van der Waals surface area contributed by atoms with Crippen molar-refractivity contribution in [2.75, 3.05) is 18.3 Å². The highest BCUT2D eigenvalue weighted by atomic mass is 16.7. The first-order valence-corrected chi connectivity index (χ1v) is 12.3. The Hall–Kier alpha value is -5.31. The molecule has 214 valence electrons. The van der Waals surface area contributed by atoms with Gasteiger partial charge in [-0.25, -0.2) is 19.6 Å². The smallest absolute Gasteiger partial charge is 0.425 e. The second kappa shape index (κ2) is 12.7. The Morgan fingerprint density at radius 3 is 2.68 bits per heavy atom. The number of benzene rings is 1. The van der Waals surface area contributed by atoms with Gasteiger partial charge in [-0.1, -0.05) is 11.2 Å². The number of aliphatic hydroxyl groups excluding tert-OH is 1. The third kappa shape index (κ3) is 6.83. The predicted octanol–water partition coefficient (Wildman–Crippen LogP) is 1.85. The minimum Gasteiger partial charge on any atom is -0.426 e. The number of aryl methyl sites for hydroxylation is 1. The molecule has 3 amide bonds. The van der Waals surface area contributed by atoms with Crippen LogP contribution in [0.25, 0.3) is 0 Å². The summed E-state index contributed by atoms with van der Waals surface area (Å²) >= 11 is 0. The van der Waals surface area contributed by atoms with Crippen LogP contribution in [0.3, 0.4) is 0 Å². The highest BCUT2D eigenvalue weighted by Gasteiger charge is 2.30. The van der Waals surface area contributed by atoms with E-state index in [1.165, 1.54) is 18.2 Å². The van der Waals surface area contributed by atoms with Crippen molar-refractivity contribution in [3.63, 3.8) is 0 Å². The number of carbonyl (C=O) groups is 4. The molecule has 1 saturated carbocycles. The molecule has 5 N–H and O–H groups in total. The first-order chi connectivity index (χ1) is 19.7. The molecule has 0 aliphatic heterocycles. The molecular weight excluding hydrogens is 538 g/mol. The third-order valence-corrected chi connectivity index (χ3v) is 5.97. The lowest BCUT2D eigenvalue weighted by Crippen LogP contribution is -2.38. The van der Waals surface area contributed by atoms with E-state index in [0.29, 0.717) is 33.0 Å². The largest absolute Gasteiger partial charge is 0.426 e. The number of hydrogen-bond donors (Lipinski definition) is 4. The van der Waals surface area contributed by atoms with Crippen molar-refractivity contribution in [1.82, 2.24) is 15.5 Å². The Bertz CT molecular complexity index is 1510. The number of hydrogen-bond acceptors (Lipinski definition) is 10. The summed E-state index contributed by atoms with van der Waals surface area (Å²) in [6.45, 7) is 1.75. The van der Waals surface area contributed by atoms with E-state index in [9.17, 15) is 19.2 Å². The second-order valence-corrected chi connectivity index (χ2v) is 8.87. The lowest BCUT2D eigenvalue weighted by molar-refractivity contribution is -0.154. The number of amidine groups is 1. The molecule has 0 spiro atoms. The molecule has 3 aromatic rings. The van der Waals surface area contributed by atoms with Crippen molar-refractivity contribution in [2.24, 2.45) is 15.7 Å². The minimum atomic E-state index is -1.22. The van der Waals surface area contributed by atoms with E-state index in [-0.39, 0.29) is 29.2 Å². The summed E-state index contributed by atoms with van der Waals surface area (Å²) in [4.78, 5) is 62.3. The van der Waals surface area contributed by atoms with Crippen LogP contribution in [0.1, 0.15) is 50.4 Å².